The fraction of sp³-hybridized carbons (Fsp3) is 0.455. The van der Waals surface area contributed by atoms with E-state index in [9.17, 15) is 4.79 Å². The molecule has 0 fully saturated rings. The molecule has 0 aliphatic rings. The lowest BCUT2D eigenvalue weighted by Gasteiger charge is -2.06. The zero-order valence-electron chi connectivity index (χ0n) is 8.87. The van der Waals surface area contributed by atoms with Crippen LogP contribution < -0.4 is 5.32 Å². The highest BCUT2D eigenvalue weighted by atomic mass is 16.1. The molecule has 1 amide bonds. The first-order valence-corrected chi connectivity index (χ1v) is 4.89. The summed E-state index contributed by atoms with van der Waals surface area (Å²) in [5.74, 6) is 0.321. The van der Waals surface area contributed by atoms with E-state index >= 15 is 0 Å². The molecule has 76 valence electrons. The van der Waals surface area contributed by atoms with Gasteiger partial charge in [-0.1, -0.05) is 13.8 Å². The molecule has 0 saturated heterocycles. The molecule has 14 heavy (non-hydrogen) atoms. The number of aromatic nitrogens is 1. The van der Waals surface area contributed by atoms with Crippen LogP contribution in [-0.4, -0.2) is 17.4 Å². The van der Waals surface area contributed by atoms with E-state index < -0.39 is 0 Å². The summed E-state index contributed by atoms with van der Waals surface area (Å²) in [4.78, 5) is 15.5. The fourth-order valence-electron chi connectivity index (χ4n) is 1.18. The van der Waals surface area contributed by atoms with Crippen molar-refractivity contribution in [1.82, 2.24) is 10.3 Å². The Bertz CT molecular complexity index is 321. The molecule has 0 radical (unpaired) electrons. The zero-order chi connectivity index (χ0) is 10.6. The van der Waals surface area contributed by atoms with Gasteiger partial charge in [0.2, 0.25) is 0 Å². The van der Waals surface area contributed by atoms with Gasteiger partial charge in [0, 0.05) is 12.7 Å². The van der Waals surface area contributed by atoms with E-state index in [0.717, 1.165) is 5.56 Å². The number of nitrogens with zero attached hydrogens (tertiary/aromatic N) is 1. The molecule has 0 aromatic carbocycles. The Morgan fingerprint density at radius 3 is 2.86 bits per heavy atom. The van der Waals surface area contributed by atoms with Crippen molar-refractivity contribution in [1.29, 1.82) is 0 Å². The lowest BCUT2D eigenvalue weighted by molar-refractivity contribution is 0.0951. The number of hydrogen-bond donors (Lipinski definition) is 1. The standard InChI is InChI=1S/C11H16N2O/c1-4-12-11(14)10-7-9(8(2)3)5-6-13-10/h5-8H,4H2,1-3H3,(H,12,14). The first kappa shape index (κ1) is 10.7. The zero-order valence-corrected chi connectivity index (χ0v) is 8.87. The molecule has 0 aliphatic heterocycles. The summed E-state index contributed by atoms with van der Waals surface area (Å²) in [6, 6.07) is 3.78. The minimum atomic E-state index is -0.102. The van der Waals surface area contributed by atoms with Gasteiger partial charge in [-0.2, -0.15) is 0 Å². The highest BCUT2D eigenvalue weighted by Gasteiger charge is 2.07. The Morgan fingerprint density at radius 1 is 1.57 bits per heavy atom. The molecular formula is C11H16N2O. The third kappa shape index (κ3) is 2.55. The van der Waals surface area contributed by atoms with Crippen LogP contribution in [0, 0.1) is 0 Å². The van der Waals surface area contributed by atoms with Gasteiger partial charge in [-0.25, -0.2) is 0 Å². The van der Waals surface area contributed by atoms with E-state index in [2.05, 4.69) is 24.1 Å². The third-order valence-electron chi connectivity index (χ3n) is 2.02. The molecule has 0 bridgehead atoms. The summed E-state index contributed by atoms with van der Waals surface area (Å²) in [6.07, 6.45) is 1.68. The summed E-state index contributed by atoms with van der Waals surface area (Å²) < 4.78 is 0. The predicted molar refractivity (Wildman–Crippen MR) is 56.3 cm³/mol. The van der Waals surface area contributed by atoms with Crippen LogP contribution in [0.3, 0.4) is 0 Å². The lowest BCUT2D eigenvalue weighted by Crippen LogP contribution is -2.23. The number of carbonyl (C=O) groups excluding carboxylic acids is 1. The predicted octanol–water partition coefficient (Wildman–Crippen LogP) is 1.95. The van der Waals surface area contributed by atoms with E-state index in [1.54, 1.807) is 6.20 Å². The van der Waals surface area contributed by atoms with Gasteiger partial charge in [0.15, 0.2) is 0 Å². The van der Waals surface area contributed by atoms with Crippen molar-refractivity contribution in [2.75, 3.05) is 6.54 Å². The molecule has 0 spiro atoms. The Labute approximate surface area is 84.6 Å². The van der Waals surface area contributed by atoms with Crippen LogP contribution in [0.5, 0.6) is 0 Å². The van der Waals surface area contributed by atoms with Crippen molar-refractivity contribution >= 4 is 5.91 Å². The average molecular weight is 192 g/mol. The number of nitrogens with one attached hydrogen (secondary N) is 1. The van der Waals surface area contributed by atoms with Gasteiger partial charge in [0.25, 0.3) is 5.91 Å². The van der Waals surface area contributed by atoms with E-state index in [4.69, 9.17) is 0 Å². The summed E-state index contributed by atoms with van der Waals surface area (Å²) in [6.45, 7) is 6.71. The Morgan fingerprint density at radius 2 is 2.29 bits per heavy atom. The molecule has 1 aromatic rings. The first-order chi connectivity index (χ1) is 6.65. The molecule has 1 N–H and O–H groups in total. The normalized spacial score (nSPS) is 10.3. The smallest absolute Gasteiger partial charge is 0.269 e. The van der Waals surface area contributed by atoms with E-state index in [1.807, 2.05) is 19.1 Å². The Kier molecular flexibility index (Phi) is 3.63. The Hall–Kier alpha value is -1.38. The second-order valence-corrected chi connectivity index (χ2v) is 3.49. The maximum Gasteiger partial charge on any atom is 0.269 e. The van der Waals surface area contributed by atoms with Crippen LogP contribution in [0.25, 0.3) is 0 Å². The topological polar surface area (TPSA) is 42.0 Å². The van der Waals surface area contributed by atoms with Gasteiger partial charge < -0.3 is 5.32 Å². The maximum atomic E-state index is 11.4. The lowest BCUT2D eigenvalue weighted by atomic mass is 10.0. The third-order valence-corrected chi connectivity index (χ3v) is 2.02. The van der Waals surface area contributed by atoms with Crippen molar-refractivity contribution in [3.05, 3.63) is 29.6 Å². The number of amides is 1. The maximum absolute atomic E-state index is 11.4. The highest BCUT2D eigenvalue weighted by Crippen LogP contribution is 2.13. The molecule has 0 atom stereocenters. The van der Waals surface area contributed by atoms with E-state index in [0.29, 0.717) is 18.2 Å². The molecular weight excluding hydrogens is 176 g/mol. The monoisotopic (exact) mass is 192 g/mol. The quantitative estimate of drug-likeness (QED) is 0.795. The van der Waals surface area contributed by atoms with Crippen LogP contribution in [0.4, 0.5) is 0 Å². The molecule has 1 heterocycles. The summed E-state index contributed by atoms with van der Waals surface area (Å²) in [5.41, 5.74) is 1.64. The second kappa shape index (κ2) is 4.74. The van der Waals surface area contributed by atoms with Crippen LogP contribution >= 0.6 is 0 Å². The fourth-order valence-corrected chi connectivity index (χ4v) is 1.18. The molecule has 0 aliphatic carbocycles. The van der Waals surface area contributed by atoms with Crippen LogP contribution in [0.15, 0.2) is 18.3 Å². The van der Waals surface area contributed by atoms with Gasteiger partial charge in [0.05, 0.1) is 0 Å². The second-order valence-electron chi connectivity index (χ2n) is 3.49. The van der Waals surface area contributed by atoms with Gasteiger partial charge >= 0.3 is 0 Å². The number of pyridine rings is 1. The van der Waals surface area contributed by atoms with Crippen molar-refractivity contribution in [3.63, 3.8) is 0 Å². The first-order valence-electron chi connectivity index (χ1n) is 4.89. The van der Waals surface area contributed by atoms with E-state index in [1.165, 1.54) is 0 Å². The summed E-state index contributed by atoms with van der Waals surface area (Å²) in [5, 5.41) is 2.73. The van der Waals surface area contributed by atoms with Crippen LogP contribution in [0.2, 0.25) is 0 Å². The molecule has 3 heteroatoms. The molecule has 0 unspecified atom stereocenters. The largest absolute Gasteiger partial charge is 0.351 e. The number of hydrogen-bond acceptors (Lipinski definition) is 2. The number of carbonyl (C=O) groups is 1. The van der Waals surface area contributed by atoms with Gasteiger partial charge in [-0.3, -0.25) is 9.78 Å². The average Bonchev–Trinajstić information content (AvgIpc) is 2.18. The Balaban J connectivity index is 2.88. The number of rotatable bonds is 3. The van der Waals surface area contributed by atoms with Gasteiger partial charge in [0.1, 0.15) is 5.69 Å². The SMILES string of the molecule is CCNC(=O)c1cc(C(C)C)ccn1. The van der Waals surface area contributed by atoms with Crippen molar-refractivity contribution in [2.45, 2.75) is 26.7 Å². The molecule has 1 rings (SSSR count). The van der Waals surface area contributed by atoms with Gasteiger partial charge in [-0.05, 0) is 30.5 Å². The summed E-state index contributed by atoms with van der Waals surface area (Å²) in [7, 11) is 0. The molecule has 0 saturated carbocycles. The van der Waals surface area contributed by atoms with Crippen LogP contribution in [0.1, 0.15) is 42.7 Å². The van der Waals surface area contributed by atoms with Gasteiger partial charge in [-0.15, -0.1) is 0 Å². The van der Waals surface area contributed by atoms with E-state index in [-0.39, 0.29) is 5.91 Å². The van der Waals surface area contributed by atoms with Crippen molar-refractivity contribution < 1.29 is 4.79 Å². The molecule has 1 aromatic heterocycles. The minimum Gasteiger partial charge on any atom is -0.351 e. The van der Waals surface area contributed by atoms with Crippen LogP contribution in [-0.2, 0) is 0 Å². The van der Waals surface area contributed by atoms with Crippen molar-refractivity contribution in [3.8, 4) is 0 Å². The highest BCUT2D eigenvalue weighted by molar-refractivity contribution is 5.92. The minimum absolute atomic E-state index is 0.102. The summed E-state index contributed by atoms with van der Waals surface area (Å²) >= 11 is 0. The van der Waals surface area contributed by atoms with Crippen molar-refractivity contribution in [2.24, 2.45) is 0 Å². The molecule has 3 nitrogen and oxygen atoms in total.